The molecule has 1 N–H and O–H groups in total. The molecule has 1 aromatic heterocycles. The summed E-state index contributed by atoms with van der Waals surface area (Å²) in [4.78, 5) is 15.3. The van der Waals surface area contributed by atoms with Crippen molar-refractivity contribution in [1.82, 2.24) is 10.2 Å². The first-order valence-electron chi connectivity index (χ1n) is 6.73. The number of likely N-dealkylation sites (N-methyl/N-ethyl adjacent to an activating group) is 1. The van der Waals surface area contributed by atoms with Gasteiger partial charge in [0, 0.05) is 11.4 Å². The van der Waals surface area contributed by atoms with E-state index in [9.17, 15) is 9.18 Å². The van der Waals surface area contributed by atoms with Crippen LogP contribution in [0.5, 0.6) is 0 Å². The Kier molecular flexibility index (Phi) is 5.09. The highest BCUT2D eigenvalue weighted by atomic mass is 32.1. The smallest absolute Gasteiger partial charge is 0.254 e. The van der Waals surface area contributed by atoms with E-state index in [-0.39, 0.29) is 17.5 Å². The average Bonchev–Trinajstić information content (AvgIpc) is 2.92. The summed E-state index contributed by atoms with van der Waals surface area (Å²) < 4.78 is 13.8. The first kappa shape index (κ1) is 15.7. The van der Waals surface area contributed by atoms with Gasteiger partial charge in [0.15, 0.2) is 0 Å². The molecule has 0 aliphatic rings. The van der Waals surface area contributed by atoms with Crippen LogP contribution >= 0.6 is 11.3 Å². The molecule has 0 radical (unpaired) electrons. The largest absolute Gasteiger partial charge is 0.350 e. The molecule has 1 atom stereocenters. The van der Waals surface area contributed by atoms with Crippen LogP contribution in [0.15, 0.2) is 35.7 Å². The second-order valence-electron chi connectivity index (χ2n) is 5.19. The van der Waals surface area contributed by atoms with E-state index in [0.717, 1.165) is 5.56 Å². The number of amides is 1. The van der Waals surface area contributed by atoms with Gasteiger partial charge in [-0.25, -0.2) is 4.39 Å². The maximum absolute atomic E-state index is 13.8. The van der Waals surface area contributed by atoms with Crippen LogP contribution in [0.3, 0.4) is 0 Å². The molecule has 0 saturated heterocycles. The lowest BCUT2D eigenvalue weighted by molar-refractivity contribution is 0.0938. The molecule has 2 rings (SSSR count). The Morgan fingerprint density at radius 2 is 2.14 bits per heavy atom. The lowest BCUT2D eigenvalue weighted by atomic mass is 10.1. The fourth-order valence-electron chi connectivity index (χ4n) is 2.11. The number of carbonyl (C=O) groups excluding carboxylic acids is 1. The third-order valence-electron chi connectivity index (χ3n) is 3.32. The maximum Gasteiger partial charge on any atom is 0.254 e. The van der Waals surface area contributed by atoms with Crippen molar-refractivity contribution in [2.24, 2.45) is 0 Å². The van der Waals surface area contributed by atoms with Gasteiger partial charge in [0.2, 0.25) is 0 Å². The van der Waals surface area contributed by atoms with E-state index in [2.05, 4.69) is 5.32 Å². The zero-order chi connectivity index (χ0) is 15.4. The zero-order valence-electron chi connectivity index (χ0n) is 12.4. The molecule has 0 aliphatic heterocycles. The van der Waals surface area contributed by atoms with Gasteiger partial charge in [0.1, 0.15) is 5.82 Å². The second-order valence-corrected chi connectivity index (χ2v) is 6.17. The maximum atomic E-state index is 13.8. The number of nitrogens with one attached hydrogen (secondary N) is 1. The van der Waals surface area contributed by atoms with Crippen LogP contribution in [-0.4, -0.2) is 31.4 Å². The molecule has 5 heteroatoms. The van der Waals surface area contributed by atoms with Crippen molar-refractivity contribution < 1.29 is 9.18 Å². The fraction of sp³-hybridized carbons (Fsp3) is 0.312. The topological polar surface area (TPSA) is 32.3 Å². The summed E-state index contributed by atoms with van der Waals surface area (Å²) in [5.74, 6) is -0.860. The molecule has 3 nitrogen and oxygen atoms in total. The lowest BCUT2D eigenvalue weighted by Crippen LogP contribution is -2.34. The minimum Gasteiger partial charge on any atom is -0.350 e. The van der Waals surface area contributed by atoms with E-state index in [0.29, 0.717) is 6.54 Å². The summed E-state index contributed by atoms with van der Waals surface area (Å²) in [5, 5.41) is 4.82. The summed E-state index contributed by atoms with van der Waals surface area (Å²) in [6, 6.07) is 8.74. The van der Waals surface area contributed by atoms with Crippen LogP contribution in [-0.2, 0) is 0 Å². The molecule has 1 heterocycles. The van der Waals surface area contributed by atoms with Crippen molar-refractivity contribution in [3.63, 3.8) is 0 Å². The number of rotatable bonds is 5. The first-order valence-corrected chi connectivity index (χ1v) is 7.61. The van der Waals surface area contributed by atoms with Crippen molar-refractivity contribution in [1.29, 1.82) is 0 Å². The van der Waals surface area contributed by atoms with E-state index >= 15 is 0 Å². The fourth-order valence-corrected chi connectivity index (χ4v) is 3.03. The van der Waals surface area contributed by atoms with E-state index < -0.39 is 5.82 Å². The van der Waals surface area contributed by atoms with E-state index in [4.69, 9.17) is 0 Å². The number of carbonyl (C=O) groups is 1. The van der Waals surface area contributed by atoms with Crippen molar-refractivity contribution >= 4 is 17.2 Å². The van der Waals surface area contributed by atoms with E-state index in [1.165, 1.54) is 17.0 Å². The van der Waals surface area contributed by atoms with Gasteiger partial charge in [-0.3, -0.25) is 4.79 Å². The molecular weight excluding hydrogens is 287 g/mol. The van der Waals surface area contributed by atoms with Gasteiger partial charge in [-0.05, 0) is 50.2 Å². The Labute approximate surface area is 128 Å². The van der Waals surface area contributed by atoms with Crippen LogP contribution in [0.1, 0.15) is 26.8 Å². The highest BCUT2D eigenvalue weighted by molar-refractivity contribution is 7.10. The molecule has 1 amide bonds. The van der Waals surface area contributed by atoms with E-state index in [1.807, 2.05) is 36.5 Å². The van der Waals surface area contributed by atoms with Crippen LogP contribution in [0.4, 0.5) is 4.39 Å². The summed E-state index contributed by atoms with van der Waals surface area (Å²) in [6.45, 7) is 2.24. The summed E-state index contributed by atoms with van der Waals surface area (Å²) in [6.07, 6.45) is 0. The van der Waals surface area contributed by atoms with Crippen molar-refractivity contribution in [2.45, 2.75) is 13.0 Å². The normalized spacial score (nSPS) is 12.4. The Morgan fingerprint density at radius 1 is 1.38 bits per heavy atom. The Balaban J connectivity index is 2.05. The average molecular weight is 306 g/mol. The van der Waals surface area contributed by atoms with Gasteiger partial charge in [0.05, 0.1) is 11.6 Å². The molecule has 0 spiro atoms. The molecule has 1 unspecified atom stereocenters. The molecule has 21 heavy (non-hydrogen) atoms. The molecule has 0 aliphatic carbocycles. The predicted octanol–water partition coefficient (Wildman–Crippen LogP) is 3.23. The van der Waals surface area contributed by atoms with Crippen molar-refractivity contribution in [3.8, 4) is 0 Å². The molecule has 112 valence electrons. The Morgan fingerprint density at radius 3 is 2.71 bits per heavy atom. The summed E-state index contributed by atoms with van der Waals surface area (Å²) in [5.41, 5.74) is 0.887. The lowest BCUT2D eigenvalue weighted by Gasteiger charge is -2.23. The van der Waals surface area contributed by atoms with Gasteiger partial charge in [-0.2, -0.15) is 0 Å². The molecule has 0 bridgehead atoms. The number of hydrogen-bond donors (Lipinski definition) is 1. The molecule has 0 saturated carbocycles. The van der Waals surface area contributed by atoms with Crippen molar-refractivity contribution in [2.75, 3.05) is 20.6 Å². The van der Waals surface area contributed by atoms with Gasteiger partial charge in [0.25, 0.3) is 5.91 Å². The number of nitrogens with zero attached hydrogens (tertiary/aromatic N) is 1. The van der Waals surface area contributed by atoms with Gasteiger partial charge in [-0.15, -0.1) is 11.3 Å². The van der Waals surface area contributed by atoms with Gasteiger partial charge < -0.3 is 10.2 Å². The number of aryl methyl sites for hydroxylation is 1. The highest BCUT2D eigenvalue weighted by Gasteiger charge is 2.18. The highest BCUT2D eigenvalue weighted by Crippen LogP contribution is 2.22. The van der Waals surface area contributed by atoms with Gasteiger partial charge in [-0.1, -0.05) is 12.1 Å². The molecule has 2 aromatic rings. The standard InChI is InChI=1S/C16H19FN2OS/c1-11-6-7-12(13(17)9-11)16(20)18-10-14(19(2)3)15-5-4-8-21-15/h4-9,14H,10H2,1-3H3,(H,18,20). The number of hydrogen-bond acceptors (Lipinski definition) is 3. The quantitative estimate of drug-likeness (QED) is 0.920. The van der Waals surface area contributed by atoms with Crippen LogP contribution in [0.25, 0.3) is 0 Å². The molecular formula is C16H19FN2OS. The SMILES string of the molecule is Cc1ccc(C(=O)NCC(c2cccs2)N(C)C)c(F)c1. The minimum atomic E-state index is -0.481. The number of thiophene rings is 1. The Bertz CT molecular complexity index is 611. The van der Waals surface area contributed by atoms with Gasteiger partial charge >= 0.3 is 0 Å². The van der Waals surface area contributed by atoms with Crippen LogP contribution in [0.2, 0.25) is 0 Å². The molecule has 1 aromatic carbocycles. The van der Waals surface area contributed by atoms with Crippen molar-refractivity contribution in [3.05, 3.63) is 57.5 Å². The summed E-state index contributed by atoms with van der Waals surface area (Å²) >= 11 is 1.64. The Hall–Kier alpha value is -1.72. The molecule has 0 fully saturated rings. The monoisotopic (exact) mass is 306 g/mol. The minimum absolute atomic E-state index is 0.0856. The third kappa shape index (κ3) is 3.89. The van der Waals surface area contributed by atoms with Crippen LogP contribution in [0, 0.1) is 12.7 Å². The van der Waals surface area contributed by atoms with E-state index in [1.54, 1.807) is 24.3 Å². The number of benzene rings is 1. The third-order valence-corrected chi connectivity index (χ3v) is 4.29. The zero-order valence-corrected chi connectivity index (χ0v) is 13.2. The summed E-state index contributed by atoms with van der Waals surface area (Å²) in [7, 11) is 3.92. The number of halogens is 1. The second kappa shape index (κ2) is 6.83. The van der Waals surface area contributed by atoms with Crippen LogP contribution < -0.4 is 5.32 Å². The predicted molar refractivity (Wildman–Crippen MR) is 84.2 cm³/mol. The first-order chi connectivity index (χ1) is 9.99.